The van der Waals surface area contributed by atoms with Gasteiger partial charge in [-0.15, -0.1) is 0 Å². The van der Waals surface area contributed by atoms with Crippen LogP contribution in [0, 0.1) is 0 Å². The van der Waals surface area contributed by atoms with Gasteiger partial charge in [0.2, 0.25) is 0 Å². The highest BCUT2D eigenvalue weighted by Gasteiger charge is 2.07. The van der Waals surface area contributed by atoms with Crippen LogP contribution < -0.4 is 10.1 Å². The van der Waals surface area contributed by atoms with Gasteiger partial charge < -0.3 is 15.2 Å². The van der Waals surface area contributed by atoms with Crippen LogP contribution in [0.1, 0.15) is 12.0 Å². The van der Waals surface area contributed by atoms with Gasteiger partial charge >= 0.3 is 0 Å². The maximum absolute atomic E-state index is 9.43. The second kappa shape index (κ2) is 9.16. The summed E-state index contributed by atoms with van der Waals surface area (Å²) in [5.41, 5.74) is 1.24. The standard InChI is InChI=1S/C18H23NO2/c20-15-17(14-16-8-3-1-4-9-16)19-12-7-13-21-18-10-5-2-6-11-18/h1-6,8-11,17,19-20H,7,12-15H2. The third-order valence-corrected chi connectivity index (χ3v) is 3.31. The average molecular weight is 285 g/mol. The SMILES string of the molecule is OCC(Cc1ccccc1)NCCCOc1ccccc1. The summed E-state index contributed by atoms with van der Waals surface area (Å²) in [6, 6.07) is 20.2. The molecule has 2 rings (SSSR count). The molecule has 21 heavy (non-hydrogen) atoms. The largest absolute Gasteiger partial charge is 0.494 e. The van der Waals surface area contributed by atoms with Crippen LogP contribution in [0.25, 0.3) is 0 Å². The summed E-state index contributed by atoms with van der Waals surface area (Å²) < 4.78 is 5.64. The highest BCUT2D eigenvalue weighted by atomic mass is 16.5. The van der Waals surface area contributed by atoms with Crippen molar-refractivity contribution in [3.63, 3.8) is 0 Å². The maximum atomic E-state index is 9.43. The van der Waals surface area contributed by atoms with Gasteiger partial charge in [0.15, 0.2) is 0 Å². The van der Waals surface area contributed by atoms with Gasteiger partial charge in [-0.2, -0.15) is 0 Å². The van der Waals surface area contributed by atoms with E-state index < -0.39 is 0 Å². The van der Waals surface area contributed by atoms with Crippen LogP contribution in [-0.2, 0) is 6.42 Å². The minimum atomic E-state index is 0.101. The third-order valence-electron chi connectivity index (χ3n) is 3.31. The normalized spacial score (nSPS) is 12.0. The molecule has 0 saturated heterocycles. The van der Waals surface area contributed by atoms with Crippen molar-refractivity contribution in [3.8, 4) is 5.75 Å². The Balaban J connectivity index is 1.62. The van der Waals surface area contributed by atoms with Crippen LogP contribution in [0.3, 0.4) is 0 Å². The summed E-state index contributed by atoms with van der Waals surface area (Å²) >= 11 is 0. The number of para-hydroxylation sites is 1. The molecular formula is C18H23NO2. The van der Waals surface area contributed by atoms with Gasteiger partial charge in [0.25, 0.3) is 0 Å². The molecule has 0 spiro atoms. The van der Waals surface area contributed by atoms with E-state index in [2.05, 4.69) is 17.4 Å². The Morgan fingerprint density at radius 2 is 1.62 bits per heavy atom. The lowest BCUT2D eigenvalue weighted by Crippen LogP contribution is -2.35. The second-order valence-electron chi connectivity index (χ2n) is 5.04. The lowest BCUT2D eigenvalue weighted by Gasteiger charge is -2.16. The summed E-state index contributed by atoms with van der Waals surface area (Å²) in [6.45, 7) is 1.67. The summed E-state index contributed by atoms with van der Waals surface area (Å²) in [5, 5.41) is 12.8. The number of benzene rings is 2. The van der Waals surface area contributed by atoms with Crippen LogP contribution in [-0.4, -0.2) is 30.9 Å². The number of ether oxygens (including phenoxy) is 1. The highest BCUT2D eigenvalue weighted by molar-refractivity contribution is 5.20. The van der Waals surface area contributed by atoms with Crippen molar-refractivity contribution in [3.05, 3.63) is 66.2 Å². The quantitative estimate of drug-likeness (QED) is 0.696. The molecule has 1 atom stereocenters. The fraction of sp³-hybridized carbons (Fsp3) is 0.333. The molecule has 1 unspecified atom stereocenters. The molecule has 2 N–H and O–H groups in total. The van der Waals surface area contributed by atoms with E-state index in [4.69, 9.17) is 4.74 Å². The zero-order chi connectivity index (χ0) is 14.8. The molecule has 0 heterocycles. The summed E-state index contributed by atoms with van der Waals surface area (Å²) in [6.07, 6.45) is 1.76. The average Bonchev–Trinajstić information content (AvgIpc) is 2.55. The molecule has 112 valence electrons. The van der Waals surface area contributed by atoms with Crippen molar-refractivity contribution >= 4 is 0 Å². The molecule has 0 aliphatic rings. The molecule has 3 nitrogen and oxygen atoms in total. The summed E-state index contributed by atoms with van der Waals surface area (Å²) in [7, 11) is 0. The zero-order valence-electron chi connectivity index (χ0n) is 12.2. The van der Waals surface area contributed by atoms with Crippen LogP contribution >= 0.6 is 0 Å². The van der Waals surface area contributed by atoms with Crippen molar-refractivity contribution < 1.29 is 9.84 Å². The molecule has 0 fully saturated rings. The van der Waals surface area contributed by atoms with Crippen LogP contribution in [0.15, 0.2) is 60.7 Å². The van der Waals surface area contributed by atoms with Crippen LogP contribution in [0.4, 0.5) is 0 Å². The molecule has 0 bridgehead atoms. The van der Waals surface area contributed by atoms with Crippen molar-refractivity contribution in [2.24, 2.45) is 0 Å². The number of aliphatic hydroxyl groups excluding tert-OH is 1. The Morgan fingerprint density at radius 3 is 2.29 bits per heavy atom. The molecule has 0 aliphatic heterocycles. The first-order valence-electron chi connectivity index (χ1n) is 7.44. The Labute approximate surface area is 126 Å². The van der Waals surface area contributed by atoms with E-state index in [0.717, 1.165) is 25.1 Å². The van der Waals surface area contributed by atoms with Gasteiger partial charge in [0.05, 0.1) is 13.2 Å². The van der Waals surface area contributed by atoms with Crippen LogP contribution in [0.5, 0.6) is 5.75 Å². The number of hydrogen-bond donors (Lipinski definition) is 2. The molecule has 3 heteroatoms. The van der Waals surface area contributed by atoms with E-state index in [1.54, 1.807) is 0 Å². The van der Waals surface area contributed by atoms with Crippen molar-refractivity contribution in [2.45, 2.75) is 18.9 Å². The van der Waals surface area contributed by atoms with Gasteiger partial charge in [0, 0.05) is 6.04 Å². The van der Waals surface area contributed by atoms with Crippen molar-refractivity contribution in [1.29, 1.82) is 0 Å². The number of hydrogen-bond acceptors (Lipinski definition) is 3. The highest BCUT2D eigenvalue weighted by Crippen LogP contribution is 2.08. The molecular weight excluding hydrogens is 262 g/mol. The smallest absolute Gasteiger partial charge is 0.119 e. The zero-order valence-corrected chi connectivity index (χ0v) is 12.2. The lowest BCUT2D eigenvalue weighted by atomic mass is 10.1. The van der Waals surface area contributed by atoms with Gasteiger partial charge in [-0.25, -0.2) is 0 Å². The molecule has 0 aromatic heterocycles. The number of nitrogens with one attached hydrogen (secondary N) is 1. The topological polar surface area (TPSA) is 41.5 Å². The monoisotopic (exact) mass is 285 g/mol. The van der Waals surface area contributed by atoms with Crippen molar-refractivity contribution in [2.75, 3.05) is 19.8 Å². The Kier molecular flexibility index (Phi) is 6.78. The summed E-state index contributed by atoms with van der Waals surface area (Å²) in [4.78, 5) is 0. The fourth-order valence-electron chi connectivity index (χ4n) is 2.18. The van der Waals surface area contributed by atoms with Gasteiger partial charge in [-0.1, -0.05) is 48.5 Å². The van der Waals surface area contributed by atoms with E-state index in [-0.39, 0.29) is 12.6 Å². The molecule has 0 amide bonds. The van der Waals surface area contributed by atoms with Crippen LogP contribution in [0.2, 0.25) is 0 Å². The molecule has 0 radical (unpaired) electrons. The van der Waals surface area contributed by atoms with Gasteiger partial charge in [-0.05, 0) is 37.1 Å². The van der Waals surface area contributed by atoms with Gasteiger partial charge in [-0.3, -0.25) is 0 Å². The second-order valence-corrected chi connectivity index (χ2v) is 5.04. The molecule has 0 saturated carbocycles. The van der Waals surface area contributed by atoms with E-state index in [0.29, 0.717) is 6.61 Å². The Bertz CT molecular complexity index is 487. The van der Waals surface area contributed by atoms with E-state index >= 15 is 0 Å². The first kappa shape index (κ1) is 15.5. The minimum Gasteiger partial charge on any atom is -0.494 e. The Morgan fingerprint density at radius 1 is 0.952 bits per heavy atom. The predicted molar refractivity (Wildman–Crippen MR) is 85.6 cm³/mol. The first-order valence-corrected chi connectivity index (χ1v) is 7.44. The predicted octanol–water partition coefficient (Wildman–Crippen LogP) is 2.65. The Hall–Kier alpha value is -1.84. The third kappa shape index (κ3) is 5.98. The summed E-state index contributed by atoms with van der Waals surface area (Å²) in [5.74, 6) is 0.903. The minimum absolute atomic E-state index is 0.101. The van der Waals surface area contributed by atoms with E-state index in [9.17, 15) is 5.11 Å². The van der Waals surface area contributed by atoms with Crippen molar-refractivity contribution in [1.82, 2.24) is 5.32 Å². The first-order chi connectivity index (χ1) is 10.4. The lowest BCUT2D eigenvalue weighted by molar-refractivity contribution is 0.236. The molecule has 2 aromatic rings. The fourth-order valence-corrected chi connectivity index (χ4v) is 2.18. The number of rotatable bonds is 9. The molecule has 0 aliphatic carbocycles. The van der Waals surface area contributed by atoms with Gasteiger partial charge in [0.1, 0.15) is 5.75 Å². The maximum Gasteiger partial charge on any atom is 0.119 e. The number of aliphatic hydroxyl groups is 1. The van der Waals surface area contributed by atoms with E-state index in [1.165, 1.54) is 5.56 Å². The molecule has 2 aromatic carbocycles. The van der Waals surface area contributed by atoms with E-state index in [1.807, 2.05) is 48.5 Å².